The summed E-state index contributed by atoms with van der Waals surface area (Å²) in [5.74, 6) is -2.34. The van der Waals surface area contributed by atoms with Gasteiger partial charge in [-0.05, 0) is 65.2 Å². The number of ether oxygens (including phenoxy) is 2. The minimum Gasteiger partial charge on any atom is -0.458 e. The second-order valence-electron chi connectivity index (χ2n) is 11.8. The summed E-state index contributed by atoms with van der Waals surface area (Å²) in [4.78, 5) is 54.0. The lowest BCUT2D eigenvalue weighted by molar-refractivity contribution is -0.159. The minimum atomic E-state index is -1.51. The second kappa shape index (κ2) is 14.5. The van der Waals surface area contributed by atoms with Gasteiger partial charge >= 0.3 is 12.1 Å². The molecule has 0 radical (unpaired) electrons. The Hall–Kier alpha value is -4.36. The average molecular weight is 580 g/mol. The topological polar surface area (TPSA) is 134 Å². The van der Waals surface area contributed by atoms with Crippen molar-refractivity contribution in [3.05, 3.63) is 71.3 Å². The molecule has 0 saturated carbocycles. The van der Waals surface area contributed by atoms with Crippen molar-refractivity contribution in [2.24, 2.45) is 0 Å². The Morgan fingerprint density at radius 2 is 1.45 bits per heavy atom. The lowest BCUT2D eigenvalue weighted by Crippen LogP contribution is -2.54. The third-order valence-electron chi connectivity index (χ3n) is 5.83. The fourth-order valence-corrected chi connectivity index (χ4v) is 4.03. The van der Waals surface area contributed by atoms with Crippen LogP contribution in [0.1, 0.15) is 64.3 Å². The molecular weight excluding hydrogens is 538 g/mol. The van der Waals surface area contributed by atoms with Crippen LogP contribution in [0.25, 0.3) is 0 Å². The van der Waals surface area contributed by atoms with Gasteiger partial charge in [-0.15, -0.1) is 0 Å². The zero-order chi connectivity index (χ0) is 31.7. The molecule has 0 aliphatic heterocycles. The maximum atomic E-state index is 14.0. The van der Waals surface area contributed by atoms with Gasteiger partial charge in [0.15, 0.2) is 0 Å². The van der Waals surface area contributed by atoms with Crippen molar-refractivity contribution in [3.8, 4) is 12.5 Å². The Morgan fingerprint density at radius 1 is 0.881 bits per heavy atom. The van der Waals surface area contributed by atoms with Gasteiger partial charge in [-0.2, -0.15) is 0 Å². The molecule has 2 aromatic carbocycles. The number of hydrogen-bond acceptors (Lipinski definition) is 7. The Kier molecular flexibility index (Phi) is 11.7. The van der Waals surface area contributed by atoms with Crippen molar-refractivity contribution in [1.82, 2.24) is 15.5 Å². The molecule has 0 spiro atoms. The van der Waals surface area contributed by atoms with Crippen LogP contribution in [0.15, 0.2) is 54.6 Å². The van der Waals surface area contributed by atoms with Gasteiger partial charge in [0.05, 0.1) is 6.61 Å². The molecule has 0 aliphatic rings. The van der Waals surface area contributed by atoms with Crippen LogP contribution in [0.4, 0.5) is 4.79 Å². The number of benzene rings is 2. The first-order valence-electron chi connectivity index (χ1n) is 13.6. The number of alkyl carbamates (subject to hydrolysis) is 1. The normalized spacial score (nSPS) is 13.5. The number of aryl methyl sites for hydroxylation is 1. The summed E-state index contributed by atoms with van der Waals surface area (Å²) in [7, 11) is 0. The Balaban J connectivity index is 2.49. The number of esters is 1. The highest BCUT2D eigenvalue weighted by atomic mass is 16.6. The lowest BCUT2D eigenvalue weighted by Gasteiger charge is -2.32. The first-order valence-corrected chi connectivity index (χ1v) is 13.6. The van der Waals surface area contributed by atoms with Crippen LogP contribution in [0.3, 0.4) is 0 Å². The number of hydrogen-bond donors (Lipinski definition) is 3. The second-order valence-corrected chi connectivity index (χ2v) is 11.8. The lowest BCUT2D eigenvalue weighted by atomic mass is 9.97. The van der Waals surface area contributed by atoms with E-state index in [1.54, 1.807) is 72.7 Å². The summed E-state index contributed by atoms with van der Waals surface area (Å²) in [5.41, 5.74) is 0.112. The summed E-state index contributed by atoms with van der Waals surface area (Å²) in [6, 6.07) is 14.1. The van der Waals surface area contributed by atoms with Gasteiger partial charge in [-0.25, -0.2) is 9.59 Å². The van der Waals surface area contributed by atoms with Crippen molar-refractivity contribution in [2.75, 3.05) is 6.61 Å². The standard InChI is InChI=1S/C32H41N3O7/c1-9-35(28(38)25(20-36)34-30(40)42-32(6,7)8)26(23-18-14-13-15-21(23)2)27(37)33-24(29(39)41-31(3,4)5)19-22-16-11-10-12-17-22/h1,10-18,24-26,36H,19-20H2,2-8H3,(H,33,37)(H,34,40). The molecule has 2 rings (SSSR count). The molecule has 0 aliphatic carbocycles. The summed E-state index contributed by atoms with van der Waals surface area (Å²) in [6.45, 7) is 11.0. The molecule has 0 heterocycles. The molecule has 10 heteroatoms. The van der Waals surface area contributed by atoms with Crippen LogP contribution in [0.2, 0.25) is 0 Å². The van der Waals surface area contributed by atoms with Crippen LogP contribution >= 0.6 is 0 Å². The van der Waals surface area contributed by atoms with Crippen molar-refractivity contribution >= 4 is 23.9 Å². The highest BCUT2D eigenvalue weighted by Gasteiger charge is 2.38. The van der Waals surface area contributed by atoms with E-state index < -0.39 is 59.8 Å². The first kappa shape index (κ1) is 33.8. The number of nitrogens with zero attached hydrogens (tertiary/aromatic N) is 1. The van der Waals surface area contributed by atoms with Crippen molar-refractivity contribution in [1.29, 1.82) is 0 Å². The largest absolute Gasteiger partial charge is 0.458 e. The third kappa shape index (κ3) is 10.2. The quantitative estimate of drug-likeness (QED) is 0.223. The van der Waals surface area contributed by atoms with E-state index in [2.05, 4.69) is 16.7 Å². The first-order chi connectivity index (χ1) is 19.6. The monoisotopic (exact) mass is 579 g/mol. The summed E-state index contributed by atoms with van der Waals surface area (Å²) >= 11 is 0. The summed E-state index contributed by atoms with van der Waals surface area (Å²) in [5, 5.41) is 15.0. The molecule has 226 valence electrons. The average Bonchev–Trinajstić information content (AvgIpc) is 2.88. The Labute approximate surface area is 247 Å². The SMILES string of the molecule is C#CN(C(=O)C(CO)NC(=O)OC(C)(C)C)C(C(=O)NC(Cc1ccccc1)C(=O)OC(C)(C)C)c1ccccc1C. The molecule has 0 saturated heterocycles. The molecular formula is C32H41N3O7. The molecule has 2 aromatic rings. The maximum absolute atomic E-state index is 14.0. The minimum absolute atomic E-state index is 0.117. The number of aliphatic hydroxyl groups is 1. The molecule has 3 unspecified atom stereocenters. The predicted octanol–water partition coefficient (Wildman–Crippen LogP) is 3.41. The predicted molar refractivity (Wildman–Crippen MR) is 158 cm³/mol. The summed E-state index contributed by atoms with van der Waals surface area (Å²) < 4.78 is 10.8. The highest BCUT2D eigenvalue weighted by Crippen LogP contribution is 2.26. The zero-order valence-corrected chi connectivity index (χ0v) is 25.3. The van der Waals surface area contributed by atoms with Crippen LogP contribution in [0.5, 0.6) is 0 Å². The van der Waals surface area contributed by atoms with Gasteiger partial charge in [-0.3, -0.25) is 14.5 Å². The number of terminal acetylenes is 1. The van der Waals surface area contributed by atoms with Gasteiger partial charge in [-0.1, -0.05) is 61.0 Å². The van der Waals surface area contributed by atoms with Crippen LogP contribution in [-0.4, -0.2) is 63.8 Å². The van der Waals surface area contributed by atoms with E-state index in [1.807, 2.05) is 30.3 Å². The van der Waals surface area contributed by atoms with Gasteiger partial charge in [0.1, 0.15) is 29.3 Å². The van der Waals surface area contributed by atoms with E-state index in [9.17, 15) is 24.3 Å². The molecule has 0 fully saturated rings. The van der Waals surface area contributed by atoms with E-state index in [4.69, 9.17) is 15.9 Å². The highest BCUT2D eigenvalue weighted by molar-refractivity contribution is 5.95. The van der Waals surface area contributed by atoms with Crippen LogP contribution < -0.4 is 10.6 Å². The molecule has 3 atom stereocenters. The van der Waals surface area contributed by atoms with Gasteiger partial charge in [0.2, 0.25) is 5.91 Å². The number of amides is 3. The molecule has 3 N–H and O–H groups in total. The number of carbonyl (C=O) groups excluding carboxylic acids is 4. The zero-order valence-electron chi connectivity index (χ0n) is 25.3. The number of nitrogens with one attached hydrogen (secondary N) is 2. The molecule has 0 aromatic heterocycles. The van der Waals surface area contributed by atoms with Crippen molar-refractivity contribution in [2.45, 2.75) is 84.2 Å². The van der Waals surface area contributed by atoms with Gasteiger partial charge < -0.3 is 25.2 Å². The molecule has 42 heavy (non-hydrogen) atoms. The fourth-order valence-electron chi connectivity index (χ4n) is 4.03. The number of rotatable bonds is 10. The van der Waals surface area contributed by atoms with Crippen molar-refractivity contribution in [3.63, 3.8) is 0 Å². The van der Waals surface area contributed by atoms with E-state index in [1.165, 1.54) is 0 Å². The van der Waals surface area contributed by atoms with Gasteiger partial charge in [0.25, 0.3) is 5.91 Å². The Morgan fingerprint density at radius 3 is 1.98 bits per heavy atom. The number of carbonyl (C=O) groups is 4. The van der Waals surface area contributed by atoms with E-state index >= 15 is 0 Å². The van der Waals surface area contributed by atoms with Gasteiger partial charge in [0, 0.05) is 12.5 Å². The smallest absolute Gasteiger partial charge is 0.408 e. The molecule has 10 nitrogen and oxygen atoms in total. The van der Waals surface area contributed by atoms with Crippen molar-refractivity contribution < 1.29 is 33.8 Å². The third-order valence-corrected chi connectivity index (χ3v) is 5.83. The molecule has 3 amide bonds. The Bertz CT molecular complexity index is 1290. The van der Waals surface area contributed by atoms with E-state index in [0.29, 0.717) is 11.1 Å². The van der Waals surface area contributed by atoms with E-state index in [-0.39, 0.29) is 6.42 Å². The molecule has 0 bridgehead atoms. The fraction of sp³-hybridized carbons (Fsp3) is 0.438. The van der Waals surface area contributed by atoms with Crippen LogP contribution in [-0.2, 0) is 30.3 Å². The summed E-state index contributed by atoms with van der Waals surface area (Å²) in [6.07, 6.45) is 4.95. The van der Waals surface area contributed by atoms with E-state index in [0.717, 1.165) is 10.5 Å². The maximum Gasteiger partial charge on any atom is 0.408 e. The number of aliphatic hydroxyl groups excluding tert-OH is 1. The van der Waals surface area contributed by atoms with Crippen LogP contribution in [0, 0.1) is 19.4 Å².